The van der Waals surface area contributed by atoms with E-state index in [0.29, 0.717) is 30.8 Å². The highest BCUT2D eigenvalue weighted by Crippen LogP contribution is 2.31. The van der Waals surface area contributed by atoms with Crippen LogP contribution in [0.15, 0.2) is 64.1 Å². The van der Waals surface area contributed by atoms with Gasteiger partial charge in [-0.2, -0.15) is 9.78 Å². The SMILES string of the molecule is O=c1c2c(-c3ccc(Cl)cc3)csc2ncn1N=Cc1ccc(Cl)cc1Cl. The Morgan fingerprint density at radius 3 is 2.52 bits per heavy atom. The first-order valence-corrected chi connectivity index (χ1v) is 9.78. The molecule has 0 unspecified atom stereocenters. The fraction of sp³-hybridized carbons (Fsp3) is 0. The minimum atomic E-state index is -0.257. The molecule has 0 spiro atoms. The number of fused-ring (bicyclic) bond motifs is 1. The van der Waals surface area contributed by atoms with Gasteiger partial charge >= 0.3 is 0 Å². The topological polar surface area (TPSA) is 47.2 Å². The Balaban J connectivity index is 1.80. The molecule has 2 aromatic heterocycles. The van der Waals surface area contributed by atoms with Crippen molar-refractivity contribution in [2.45, 2.75) is 0 Å². The fourth-order valence-corrected chi connectivity index (χ4v) is 4.07. The average molecular weight is 435 g/mol. The quantitative estimate of drug-likeness (QED) is 0.373. The standard InChI is InChI=1S/C19H10Cl3N3OS/c20-13-4-1-11(2-5-13)15-9-27-18-17(15)19(26)25(10-23-18)24-8-12-3-6-14(21)7-16(12)22/h1-10H. The maximum atomic E-state index is 12.9. The van der Waals surface area contributed by atoms with Gasteiger partial charge in [0.1, 0.15) is 11.2 Å². The van der Waals surface area contributed by atoms with E-state index in [0.717, 1.165) is 11.1 Å². The molecule has 0 bridgehead atoms. The van der Waals surface area contributed by atoms with E-state index in [1.165, 1.54) is 28.6 Å². The van der Waals surface area contributed by atoms with Crippen LogP contribution in [0.5, 0.6) is 0 Å². The Bertz CT molecular complexity index is 1230. The summed E-state index contributed by atoms with van der Waals surface area (Å²) in [6.45, 7) is 0. The van der Waals surface area contributed by atoms with E-state index >= 15 is 0 Å². The number of nitrogens with zero attached hydrogens (tertiary/aromatic N) is 3. The third kappa shape index (κ3) is 3.64. The lowest BCUT2D eigenvalue weighted by molar-refractivity contribution is 0.819. The molecule has 4 aromatic rings. The molecule has 0 saturated heterocycles. The summed E-state index contributed by atoms with van der Waals surface area (Å²) in [6, 6.07) is 12.4. The van der Waals surface area contributed by atoms with Gasteiger partial charge in [-0.25, -0.2) is 4.98 Å². The summed E-state index contributed by atoms with van der Waals surface area (Å²) >= 11 is 19.4. The monoisotopic (exact) mass is 433 g/mol. The summed E-state index contributed by atoms with van der Waals surface area (Å²) in [6.07, 6.45) is 2.90. The maximum absolute atomic E-state index is 12.9. The number of hydrogen-bond donors (Lipinski definition) is 0. The number of aromatic nitrogens is 2. The second kappa shape index (κ2) is 7.44. The molecular formula is C19H10Cl3N3OS. The first kappa shape index (κ1) is 18.2. The van der Waals surface area contributed by atoms with Gasteiger partial charge in [-0.3, -0.25) is 4.79 Å². The van der Waals surface area contributed by atoms with Crippen LogP contribution in [0, 0.1) is 0 Å². The van der Waals surface area contributed by atoms with Crippen LogP contribution in [-0.4, -0.2) is 15.9 Å². The molecule has 4 rings (SSSR count). The Morgan fingerprint density at radius 1 is 1.04 bits per heavy atom. The van der Waals surface area contributed by atoms with Crippen molar-refractivity contribution in [3.8, 4) is 11.1 Å². The summed E-state index contributed by atoms with van der Waals surface area (Å²) < 4.78 is 1.19. The number of rotatable bonds is 3. The Labute approximate surface area is 173 Å². The zero-order valence-corrected chi connectivity index (χ0v) is 16.6. The zero-order valence-electron chi connectivity index (χ0n) is 13.6. The van der Waals surface area contributed by atoms with E-state index in [-0.39, 0.29) is 5.56 Å². The molecule has 27 heavy (non-hydrogen) atoms. The van der Waals surface area contributed by atoms with Gasteiger partial charge in [-0.1, -0.05) is 53.0 Å². The second-order valence-corrected chi connectivity index (χ2v) is 7.78. The highest BCUT2D eigenvalue weighted by atomic mass is 35.5. The molecule has 0 aliphatic rings. The third-order valence-corrected chi connectivity index (χ3v) is 5.62. The van der Waals surface area contributed by atoms with Gasteiger partial charge < -0.3 is 0 Å². The molecule has 0 radical (unpaired) electrons. The van der Waals surface area contributed by atoms with Gasteiger partial charge in [0, 0.05) is 26.6 Å². The Hall–Kier alpha value is -2.18. The minimum absolute atomic E-state index is 0.257. The molecule has 2 aromatic carbocycles. The highest BCUT2D eigenvalue weighted by Gasteiger charge is 2.13. The van der Waals surface area contributed by atoms with Crippen molar-refractivity contribution in [2.24, 2.45) is 5.10 Å². The predicted molar refractivity (Wildman–Crippen MR) is 114 cm³/mol. The van der Waals surface area contributed by atoms with Gasteiger partial charge in [0.05, 0.1) is 16.6 Å². The Kier molecular flexibility index (Phi) is 5.02. The van der Waals surface area contributed by atoms with Crippen molar-refractivity contribution in [3.05, 3.63) is 85.2 Å². The molecular weight excluding hydrogens is 425 g/mol. The second-order valence-electron chi connectivity index (χ2n) is 5.64. The van der Waals surface area contributed by atoms with E-state index in [9.17, 15) is 4.79 Å². The summed E-state index contributed by atoms with van der Waals surface area (Å²) in [5.74, 6) is 0. The highest BCUT2D eigenvalue weighted by molar-refractivity contribution is 7.17. The number of halogens is 3. The van der Waals surface area contributed by atoms with E-state index in [4.69, 9.17) is 34.8 Å². The first-order valence-electron chi connectivity index (χ1n) is 7.77. The van der Waals surface area contributed by atoms with Crippen molar-refractivity contribution >= 4 is 62.6 Å². The zero-order chi connectivity index (χ0) is 19.0. The van der Waals surface area contributed by atoms with E-state index in [2.05, 4.69) is 10.1 Å². The lowest BCUT2D eigenvalue weighted by atomic mass is 10.1. The smallest absolute Gasteiger partial charge is 0.267 e. The summed E-state index contributed by atoms with van der Waals surface area (Å²) in [4.78, 5) is 17.9. The summed E-state index contributed by atoms with van der Waals surface area (Å²) in [7, 11) is 0. The molecule has 2 heterocycles. The molecule has 0 fully saturated rings. The van der Waals surface area contributed by atoms with Crippen LogP contribution in [0.1, 0.15) is 5.56 Å². The maximum Gasteiger partial charge on any atom is 0.283 e. The van der Waals surface area contributed by atoms with Crippen molar-refractivity contribution in [1.82, 2.24) is 9.66 Å². The van der Waals surface area contributed by atoms with E-state index in [1.807, 2.05) is 17.5 Å². The van der Waals surface area contributed by atoms with E-state index < -0.39 is 0 Å². The summed E-state index contributed by atoms with van der Waals surface area (Å²) in [5.41, 5.74) is 2.09. The molecule has 0 amide bonds. The van der Waals surface area contributed by atoms with Crippen LogP contribution in [0.3, 0.4) is 0 Å². The average Bonchev–Trinajstić information content (AvgIpc) is 3.08. The number of hydrogen-bond acceptors (Lipinski definition) is 4. The van der Waals surface area contributed by atoms with Crippen LogP contribution in [0.25, 0.3) is 21.3 Å². The molecule has 0 saturated carbocycles. The molecule has 0 atom stereocenters. The van der Waals surface area contributed by atoms with Crippen LogP contribution >= 0.6 is 46.1 Å². The normalized spacial score (nSPS) is 11.5. The molecule has 0 N–H and O–H groups in total. The number of benzene rings is 2. The van der Waals surface area contributed by atoms with Crippen LogP contribution in [0.4, 0.5) is 0 Å². The fourth-order valence-electron chi connectivity index (χ4n) is 2.58. The first-order chi connectivity index (χ1) is 13.0. The van der Waals surface area contributed by atoms with Crippen molar-refractivity contribution < 1.29 is 0 Å². The van der Waals surface area contributed by atoms with Crippen molar-refractivity contribution in [1.29, 1.82) is 0 Å². The Morgan fingerprint density at radius 2 is 1.78 bits per heavy atom. The van der Waals surface area contributed by atoms with Crippen molar-refractivity contribution in [2.75, 3.05) is 0 Å². The van der Waals surface area contributed by atoms with Gasteiger partial charge in [0.2, 0.25) is 0 Å². The summed E-state index contributed by atoms with van der Waals surface area (Å²) in [5, 5.41) is 8.26. The van der Waals surface area contributed by atoms with Crippen LogP contribution < -0.4 is 5.56 Å². The lowest BCUT2D eigenvalue weighted by Crippen LogP contribution is -2.16. The van der Waals surface area contributed by atoms with Gasteiger partial charge in [0.15, 0.2) is 0 Å². The molecule has 134 valence electrons. The molecule has 0 aliphatic carbocycles. The van der Waals surface area contributed by atoms with E-state index in [1.54, 1.807) is 30.3 Å². The number of thiophene rings is 1. The van der Waals surface area contributed by atoms with Gasteiger partial charge in [0.25, 0.3) is 5.56 Å². The lowest BCUT2D eigenvalue weighted by Gasteiger charge is -2.02. The molecule has 8 heteroatoms. The molecule has 4 nitrogen and oxygen atoms in total. The van der Waals surface area contributed by atoms with Crippen LogP contribution in [0.2, 0.25) is 15.1 Å². The molecule has 0 aliphatic heterocycles. The van der Waals surface area contributed by atoms with Crippen LogP contribution in [-0.2, 0) is 0 Å². The van der Waals surface area contributed by atoms with Gasteiger partial charge in [-0.15, -0.1) is 11.3 Å². The predicted octanol–water partition coefficient (Wildman–Crippen LogP) is 5.97. The van der Waals surface area contributed by atoms with Gasteiger partial charge in [-0.05, 0) is 29.8 Å². The van der Waals surface area contributed by atoms with Crippen molar-refractivity contribution in [3.63, 3.8) is 0 Å². The largest absolute Gasteiger partial charge is 0.283 e. The minimum Gasteiger partial charge on any atom is -0.267 e. The third-order valence-electron chi connectivity index (χ3n) is 3.92.